The molecule has 1 aliphatic rings. The van der Waals surface area contributed by atoms with Crippen molar-refractivity contribution in [3.8, 4) is 11.1 Å². The van der Waals surface area contributed by atoms with Crippen molar-refractivity contribution >= 4 is 58.6 Å². The van der Waals surface area contributed by atoms with Gasteiger partial charge in [-0.15, -0.1) is 11.3 Å². The molecule has 0 aliphatic heterocycles. The molecule has 0 amide bonds. The molecule has 6 aromatic rings. The molecule has 0 saturated heterocycles. The number of hydrogen-bond acceptors (Lipinski definition) is 1. The minimum atomic E-state index is 1.11. The molecule has 1 heterocycles. The van der Waals surface area contributed by atoms with E-state index in [1.807, 2.05) is 11.3 Å². The van der Waals surface area contributed by atoms with Gasteiger partial charge in [0.2, 0.25) is 0 Å². The Morgan fingerprint density at radius 2 is 1.12 bits per heavy atom. The molecule has 1 heteroatoms. The molecule has 33 heavy (non-hydrogen) atoms. The topological polar surface area (TPSA) is 0 Å². The lowest BCUT2D eigenvalue weighted by Crippen LogP contribution is -1.94. The van der Waals surface area contributed by atoms with Crippen LogP contribution in [0.5, 0.6) is 0 Å². The third-order valence-corrected chi connectivity index (χ3v) is 8.02. The summed E-state index contributed by atoms with van der Waals surface area (Å²) in [6, 6.07) is 33.6. The fraction of sp³-hybridized carbons (Fsp3) is 0.0625. The number of rotatable bonds is 2. The van der Waals surface area contributed by atoms with Gasteiger partial charge in [-0.05, 0) is 68.8 Å². The van der Waals surface area contributed by atoms with Crippen LogP contribution >= 0.6 is 11.3 Å². The van der Waals surface area contributed by atoms with E-state index >= 15 is 0 Å². The van der Waals surface area contributed by atoms with Crippen LogP contribution in [0.4, 0.5) is 0 Å². The van der Waals surface area contributed by atoms with Crippen molar-refractivity contribution in [3.05, 3.63) is 115 Å². The normalized spacial score (nSPS) is 13.9. The zero-order valence-electron chi connectivity index (χ0n) is 18.2. The van der Waals surface area contributed by atoms with Crippen LogP contribution in [0.15, 0.2) is 109 Å². The van der Waals surface area contributed by atoms with E-state index in [9.17, 15) is 0 Å². The Labute approximate surface area is 197 Å². The monoisotopic (exact) mass is 438 g/mol. The van der Waals surface area contributed by atoms with Crippen molar-refractivity contribution in [2.75, 3.05) is 0 Å². The van der Waals surface area contributed by atoms with Gasteiger partial charge >= 0.3 is 0 Å². The number of thiophene rings is 1. The lowest BCUT2D eigenvalue weighted by molar-refractivity contribution is 1.04. The molecule has 7 rings (SSSR count). The zero-order valence-corrected chi connectivity index (χ0v) is 19.0. The first-order valence-corrected chi connectivity index (χ1v) is 12.4. The largest absolute Gasteiger partial charge is 0.135 e. The van der Waals surface area contributed by atoms with E-state index < -0.39 is 0 Å². The summed E-state index contributed by atoms with van der Waals surface area (Å²) < 4.78 is 2.70. The molecular weight excluding hydrogens is 416 g/mol. The van der Waals surface area contributed by atoms with Crippen LogP contribution in [-0.4, -0.2) is 0 Å². The maximum atomic E-state index is 2.40. The van der Waals surface area contributed by atoms with E-state index in [1.54, 1.807) is 0 Å². The van der Waals surface area contributed by atoms with Gasteiger partial charge in [0.15, 0.2) is 0 Å². The van der Waals surface area contributed by atoms with Gasteiger partial charge < -0.3 is 0 Å². The van der Waals surface area contributed by atoms with Gasteiger partial charge in [-0.2, -0.15) is 0 Å². The van der Waals surface area contributed by atoms with Crippen LogP contribution < -0.4 is 0 Å². The summed E-state index contributed by atoms with van der Waals surface area (Å²) in [6.07, 6.45) is 9.26. The molecule has 0 radical (unpaired) electrons. The van der Waals surface area contributed by atoms with Gasteiger partial charge in [0, 0.05) is 20.2 Å². The Morgan fingerprint density at radius 3 is 1.79 bits per heavy atom. The van der Waals surface area contributed by atoms with Gasteiger partial charge in [0.1, 0.15) is 0 Å². The van der Waals surface area contributed by atoms with E-state index in [0.29, 0.717) is 0 Å². The summed E-state index contributed by atoms with van der Waals surface area (Å²) in [7, 11) is 0. The highest BCUT2D eigenvalue weighted by molar-refractivity contribution is 7.25. The third kappa shape index (κ3) is 2.90. The Bertz CT molecular complexity index is 1700. The Morgan fingerprint density at radius 1 is 0.515 bits per heavy atom. The van der Waals surface area contributed by atoms with Crippen molar-refractivity contribution in [2.45, 2.75) is 12.8 Å². The maximum absolute atomic E-state index is 2.40. The van der Waals surface area contributed by atoms with Crippen molar-refractivity contribution in [3.63, 3.8) is 0 Å². The van der Waals surface area contributed by atoms with Gasteiger partial charge in [-0.3, -0.25) is 0 Å². The first kappa shape index (κ1) is 18.8. The van der Waals surface area contributed by atoms with Crippen molar-refractivity contribution in [1.29, 1.82) is 0 Å². The van der Waals surface area contributed by atoms with Gasteiger partial charge in [-0.25, -0.2) is 0 Å². The second kappa shape index (κ2) is 7.43. The molecule has 5 aromatic carbocycles. The van der Waals surface area contributed by atoms with E-state index in [0.717, 1.165) is 12.8 Å². The predicted molar refractivity (Wildman–Crippen MR) is 146 cm³/mol. The Balaban J connectivity index is 1.59. The molecule has 0 nitrogen and oxygen atoms in total. The van der Waals surface area contributed by atoms with Crippen molar-refractivity contribution < 1.29 is 0 Å². The van der Waals surface area contributed by atoms with Crippen LogP contribution in [0.2, 0.25) is 0 Å². The van der Waals surface area contributed by atoms with Gasteiger partial charge in [0.05, 0.1) is 0 Å². The molecule has 0 fully saturated rings. The number of fused-ring (bicyclic) bond motifs is 5. The molecule has 156 valence electrons. The average molecular weight is 439 g/mol. The van der Waals surface area contributed by atoms with E-state index in [2.05, 4.69) is 109 Å². The van der Waals surface area contributed by atoms with Crippen molar-refractivity contribution in [2.24, 2.45) is 0 Å². The van der Waals surface area contributed by atoms with E-state index in [-0.39, 0.29) is 0 Å². The highest BCUT2D eigenvalue weighted by Gasteiger charge is 2.17. The number of hydrogen-bond donors (Lipinski definition) is 0. The van der Waals surface area contributed by atoms with Crippen molar-refractivity contribution in [1.82, 2.24) is 0 Å². The summed E-state index contributed by atoms with van der Waals surface area (Å²) in [4.78, 5) is 0. The third-order valence-electron chi connectivity index (χ3n) is 6.88. The lowest BCUT2D eigenvalue weighted by atomic mass is 9.84. The maximum Gasteiger partial charge on any atom is 0.0361 e. The molecule has 0 saturated carbocycles. The first-order chi connectivity index (χ1) is 16.4. The van der Waals surface area contributed by atoms with Crippen LogP contribution in [-0.2, 0) is 0 Å². The second-order valence-electron chi connectivity index (χ2n) is 8.79. The van der Waals surface area contributed by atoms with Crippen LogP contribution in [0.1, 0.15) is 18.4 Å². The smallest absolute Gasteiger partial charge is 0.0361 e. The minimum Gasteiger partial charge on any atom is -0.135 e. The number of benzene rings is 5. The molecule has 0 unspecified atom stereocenters. The van der Waals surface area contributed by atoms with Crippen LogP contribution in [0.25, 0.3) is 58.4 Å². The molecule has 0 spiro atoms. The lowest BCUT2D eigenvalue weighted by Gasteiger charge is -2.19. The molecule has 0 atom stereocenters. The Kier molecular flexibility index (Phi) is 4.25. The highest BCUT2D eigenvalue weighted by Crippen LogP contribution is 2.44. The molecule has 0 N–H and O–H groups in total. The summed E-state index contributed by atoms with van der Waals surface area (Å²) in [6.45, 7) is 0. The first-order valence-electron chi connectivity index (χ1n) is 11.6. The molecular formula is C32H22S. The summed E-state index contributed by atoms with van der Waals surface area (Å²) >= 11 is 1.89. The summed E-state index contributed by atoms with van der Waals surface area (Å²) in [5.74, 6) is 0. The standard InChI is InChI=1S/C32H22S/c1-2-10-21(11-3-1)31-25-13-4-6-15-27(25)32(28-16-7-5-14-26(28)31)22-18-19-24-23-12-8-9-17-29(23)33-30(24)20-22/h2,4-20H,1,3H2. The summed E-state index contributed by atoms with van der Waals surface area (Å²) in [5.41, 5.74) is 5.34. The van der Waals surface area contributed by atoms with E-state index in [1.165, 1.54) is 64.0 Å². The molecule has 1 aromatic heterocycles. The van der Waals surface area contributed by atoms with Gasteiger partial charge in [0.25, 0.3) is 0 Å². The van der Waals surface area contributed by atoms with E-state index in [4.69, 9.17) is 0 Å². The fourth-order valence-electron chi connectivity index (χ4n) is 5.43. The Hall–Kier alpha value is -3.68. The average Bonchev–Trinajstić information content (AvgIpc) is 3.25. The minimum absolute atomic E-state index is 1.11. The molecule has 0 bridgehead atoms. The fourth-order valence-corrected chi connectivity index (χ4v) is 6.58. The number of allylic oxidation sites excluding steroid dienone is 4. The van der Waals surface area contributed by atoms with Crippen LogP contribution in [0.3, 0.4) is 0 Å². The highest BCUT2D eigenvalue weighted by atomic mass is 32.1. The SMILES string of the molecule is C1=CC(c2c3ccccc3c(-c3ccc4c(c3)sc3ccccc34)c3ccccc23)=CCC1. The zero-order chi connectivity index (χ0) is 21.8. The summed E-state index contributed by atoms with van der Waals surface area (Å²) in [5, 5.41) is 8.02. The van der Waals surface area contributed by atoms with Crippen LogP contribution in [0, 0.1) is 0 Å². The predicted octanol–water partition coefficient (Wildman–Crippen LogP) is 9.76. The second-order valence-corrected chi connectivity index (χ2v) is 9.87. The molecule has 1 aliphatic carbocycles. The van der Waals surface area contributed by atoms with Gasteiger partial charge in [-0.1, -0.05) is 97.1 Å². The quantitative estimate of drug-likeness (QED) is 0.236.